The average molecular weight is 739 g/mol. The van der Waals surface area contributed by atoms with Gasteiger partial charge in [0.05, 0.1) is 0 Å². The second-order valence-electron chi connectivity index (χ2n) is 14.4. The van der Waals surface area contributed by atoms with Crippen LogP contribution < -0.4 is 0 Å². The molecule has 2 atom stereocenters. The molecule has 0 bridgehead atoms. The predicted molar refractivity (Wildman–Crippen MR) is 206 cm³/mol. The SMILES string of the molecule is CC1=Cc2c(-c3ccccc3)ccc(C)c2[CH]1[Zr]([CH3])([CH3])(=[SiH2])[CH]1C(c2c(C)cccc2C)=Cc2c(-c3ccccc3)cccc21.Cl.Cl. The third-order valence-corrected chi connectivity index (χ3v) is 28.0. The minimum Gasteiger partial charge on any atom is -0.147 e. The Morgan fingerprint density at radius 2 is 1.07 bits per heavy atom. The Morgan fingerprint density at radius 3 is 1.65 bits per heavy atom. The average Bonchev–Trinajstić information content (AvgIpc) is 3.58. The van der Waals surface area contributed by atoms with Crippen LogP contribution in [0.2, 0.25) is 9.26 Å². The summed E-state index contributed by atoms with van der Waals surface area (Å²) in [5, 5.41) is 0. The molecule has 0 nitrogen and oxygen atoms in total. The third kappa shape index (κ3) is 5.50. The molecule has 0 saturated carbocycles. The van der Waals surface area contributed by atoms with Gasteiger partial charge in [-0.3, -0.25) is 0 Å². The normalized spacial score (nSPS) is 16.8. The molecule has 0 aromatic heterocycles. The quantitative estimate of drug-likeness (QED) is 0.158. The maximum atomic E-state index is 2.77. The van der Waals surface area contributed by atoms with Crippen LogP contribution >= 0.6 is 24.8 Å². The van der Waals surface area contributed by atoms with Gasteiger partial charge in [0.15, 0.2) is 0 Å². The van der Waals surface area contributed by atoms with E-state index >= 15 is 0 Å². The van der Waals surface area contributed by atoms with Crippen molar-refractivity contribution >= 4 is 49.4 Å². The van der Waals surface area contributed by atoms with Gasteiger partial charge in [0, 0.05) is 0 Å². The van der Waals surface area contributed by atoms with Crippen molar-refractivity contribution in [1.29, 1.82) is 0 Å². The molecule has 0 aliphatic heterocycles. The minimum absolute atomic E-state index is 0. The van der Waals surface area contributed by atoms with E-state index in [0.29, 0.717) is 7.25 Å². The molecular formula is C42H44Cl2SiZr. The Bertz CT molecular complexity index is 2060. The summed E-state index contributed by atoms with van der Waals surface area (Å²) in [6.45, 7) is 11.8. The molecular weight excluding hydrogens is 695 g/mol. The molecule has 5 aromatic carbocycles. The van der Waals surface area contributed by atoms with Crippen molar-refractivity contribution in [3.8, 4) is 22.3 Å². The van der Waals surface area contributed by atoms with Crippen molar-refractivity contribution in [2.24, 2.45) is 0 Å². The van der Waals surface area contributed by atoms with Gasteiger partial charge in [-0.1, -0.05) is 0 Å². The summed E-state index contributed by atoms with van der Waals surface area (Å²) in [6, 6.07) is 40.6. The van der Waals surface area contributed by atoms with E-state index in [4.69, 9.17) is 0 Å². The zero-order valence-corrected chi connectivity index (χ0v) is 33.2. The summed E-state index contributed by atoms with van der Waals surface area (Å²) in [5.74, 6) is 0. The first-order valence-corrected chi connectivity index (χ1v) is 29.6. The van der Waals surface area contributed by atoms with Gasteiger partial charge in [0.2, 0.25) is 0 Å². The molecule has 0 spiro atoms. The molecule has 0 fully saturated rings. The van der Waals surface area contributed by atoms with Crippen molar-refractivity contribution in [1.82, 2.24) is 0 Å². The Balaban J connectivity index is 0.00000208. The van der Waals surface area contributed by atoms with Crippen LogP contribution in [0.3, 0.4) is 0 Å². The zero-order chi connectivity index (χ0) is 30.8. The summed E-state index contributed by atoms with van der Waals surface area (Å²) in [7, 11) is 0. The van der Waals surface area contributed by atoms with E-state index in [1.54, 1.807) is 16.7 Å². The van der Waals surface area contributed by atoms with Crippen LogP contribution in [0.5, 0.6) is 0 Å². The van der Waals surface area contributed by atoms with E-state index in [9.17, 15) is 0 Å². The number of hydrogen-bond acceptors (Lipinski definition) is 0. The number of rotatable bonds is 5. The Labute approximate surface area is 290 Å². The monoisotopic (exact) mass is 736 g/mol. The van der Waals surface area contributed by atoms with Crippen LogP contribution in [0.4, 0.5) is 0 Å². The summed E-state index contributed by atoms with van der Waals surface area (Å²) in [6.07, 6.45) is 5.14. The van der Waals surface area contributed by atoms with Gasteiger partial charge in [-0.25, -0.2) is 0 Å². The van der Waals surface area contributed by atoms with Gasteiger partial charge >= 0.3 is 268 Å². The van der Waals surface area contributed by atoms with Crippen molar-refractivity contribution in [3.05, 3.63) is 159 Å². The topological polar surface area (TPSA) is 0 Å². The number of benzene rings is 5. The van der Waals surface area contributed by atoms with E-state index in [1.807, 2.05) is 0 Å². The molecule has 7 rings (SSSR count). The van der Waals surface area contributed by atoms with E-state index in [2.05, 4.69) is 165 Å². The smallest absolute Gasteiger partial charge is 0.147 e. The van der Waals surface area contributed by atoms with Gasteiger partial charge in [-0.15, -0.1) is 24.8 Å². The number of allylic oxidation sites excluding steroid dienone is 2. The molecule has 2 aliphatic carbocycles. The van der Waals surface area contributed by atoms with Crippen LogP contribution in [0.25, 0.3) is 40.0 Å². The number of hydrogen-bond donors (Lipinski definition) is 0. The van der Waals surface area contributed by atoms with Crippen molar-refractivity contribution < 1.29 is 17.4 Å². The van der Waals surface area contributed by atoms with Crippen LogP contribution in [0.1, 0.15) is 58.7 Å². The zero-order valence-electron chi connectivity index (χ0n) is 27.7. The first-order valence-electron chi connectivity index (χ1n) is 16.0. The molecule has 46 heavy (non-hydrogen) atoms. The summed E-state index contributed by atoms with van der Waals surface area (Å²) < 4.78 is 6.41. The molecule has 0 radical (unpaired) electrons. The Kier molecular flexibility index (Phi) is 9.55. The molecule has 0 heterocycles. The molecule has 234 valence electrons. The van der Waals surface area contributed by atoms with E-state index in [1.165, 1.54) is 61.2 Å². The van der Waals surface area contributed by atoms with E-state index in [-0.39, 0.29) is 24.8 Å². The molecule has 5 aromatic rings. The number of fused-ring (bicyclic) bond motifs is 2. The maximum Gasteiger partial charge on any atom is -0.147 e. The van der Waals surface area contributed by atoms with Crippen LogP contribution in [-0.2, 0) is 17.4 Å². The van der Waals surface area contributed by atoms with Gasteiger partial charge in [-0.05, 0) is 0 Å². The van der Waals surface area contributed by atoms with Gasteiger partial charge < -0.3 is 0 Å². The van der Waals surface area contributed by atoms with E-state index in [0.717, 1.165) is 0 Å². The number of aryl methyl sites for hydroxylation is 3. The summed E-state index contributed by atoms with van der Waals surface area (Å²) in [4.78, 5) is 0. The van der Waals surface area contributed by atoms with Gasteiger partial charge in [0.1, 0.15) is 0 Å². The molecule has 0 N–H and O–H groups in total. The first kappa shape index (κ1) is 34.6. The summed E-state index contributed by atoms with van der Waals surface area (Å²) >= 11 is -3.83. The predicted octanol–water partition coefficient (Wildman–Crippen LogP) is 11.9. The van der Waals surface area contributed by atoms with Crippen LogP contribution in [0, 0.1) is 20.8 Å². The summed E-state index contributed by atoms with van der Waals surface area (Å²) in [5.41, 5.74) is 20.1. The number of halogens is 2. The molecule has 2 aliphatic rings. The molecule has 4 heteroatoms. The third-order valence-electron chi connectivity index (χ3n) is 10.5. The van der Waals surface area contributed by atoms with Crippen LogP contribution in [-0.4, -0.2) is 6.88 Å². The Hall–Kier alpha value is -2.74. The second kappa shape index (κ2) is 12.7. The molecule has 0 saturated heterocycles. The van der Waals surface area contributed by atoms with Crippen LogP contribution in [0.15, 0.2) is 115 Å². The Morgan fingerprint density at radius 1 is 0.522 bits per heavy atom. The molecule has 0 amide bonds. The maximum absolute atomic E-state index is 3.83. The van der Waals surface area contributed by atoms with Gasteiger partial charge in [0.25, 0.3) is 0 Å². The fourth-order valence-corrected chi connectivity index (χ4v) is 28.7. The van der Waals surface area contributed by atoms with E-state index < -0.39 is 17.4 Å². The molecule has 2 unspecified atom stereocenters. The second-order valence-corrected chi connectivity index (χ2v) is 44.8. The van der Waals surface area contributed by atoms with Crippen molar-refractivity contribution in [2.45, 2.75) is 44.2 Å². The first-order chi connectivity index (χ1) is 21.0. The fourth-order valence-electron chi connectivity index (χ4n) is 8.86. The van der Waals surface area contributed by atoms with Gasteiger partial charge in [-0.2, -0.15) is 0 Å². The standard InChI is InChI=1S/C23H19.C17H15.2CH3.2ClH.H2Si.Zr/c1-16-8-6-9-17(2)23(16)20-14-19-12-7-13-21(22(19)15-20)18-10-4-3-5-11-18;1-12-10-16-13(2)8-9-15(17(16)11-12)14-6-4-3-5-7-14;;;;;;/h3-15H,1-2H3;3-11H,1-2H3;2*1H3;2*1H;1H2;. The largest absolute Gasteiger partial charge is 0.147 e. The fraction of sp³-hybridized carbons (Fsp3) is 0.190. The van der Waals surface area contributed by atoms with Crippen molar-refractivity contribution in [2.75, 3.05) is 0 Å². The van der Waals surface area contributed by atoms with Crippen molar-refractivity contribution in [3.63, 3.8) is 0 Å². The minimum atomic E-state index is -3.83.